The van der Waals surface area contributed by atoms with Crippen LogP contribution < -0.4 is 5.32 Å². The maximum absolute atomic E-state index is 13.6. The minimum atomic E-state index is -4.72. The monoisotopic (exact) mass is 323 g/mol. The smallest absolute Gasteiger partial charge is 0.387 e. The lowest BCUT2D eigenvalue weighted by Crippen LogP contribution is -2.45. The third kappa shape index (κ3) is 3.45. The summed E-state index contributed by atoms with van der Waals surface area (Å²) in [6.45, 7) is 3.60. The molecule has 0 fully saturated rings. The second kappa shape index (κ2) is 5.68. The molecule has 21 heavy (non-hydrogen) atoms. The van der Waals surface area contributed by atoms with Crippen LogP contribution in [0.3, 0.4) is 0 Å². The van der Waals surface area contributed by atoms with Crippen molar-refractivity contribution in [3.05, 3.63) is 29.1 Å². The molecule has 2 rings (SSSR count). The standard InChI is InChI=1S/C14H17F4NOS/c1-3-21-7-13(2,20)12-5-8-4-10(15)9(14(16,17)18)6-11(8)19-12/h4,6,12,19-20H,3,5,7H2,1-2H3. The third-order valence-electron chi connectivity index (χ3n) is 3.60. The summed E-state index contributed by atoms with van der Waals surface area (Å²) in [5.74, 6) is 0.0261. The van der Waals surface area contributed by atoms with Crippen LogP contribution in [0.15, 0.2) is 12.1 Å². The zero-order valence-electron chi connectivity index (χ0n) is 11.7. The highest BCUT2D eigenvalue weighted by molar-refractivity contribution is 7.99. The summed E-state index contributed by atoms with van der Waals surface area (Å²) in [6.07, 6.45) is -4.42. The van der Waals surface area contributed by atoms with E-state index in [0.29, 0.717) is 17.7 Å². The van der Waals surface area contributed by atoms with Crippen molar-refractivity contribution in [3.8, 4) is 0 Å². The highest BCUT2D eigenvalue weighted by atomic mass is 32.2. The van der Waals surface area contributed by atoms with Crippen molar-refractivity contribution in [1.29, 1.82) is 0 Å². The van der Waals surface area contributed by atoms with Gasteiger partial charge in [-0.25, -0.2) is 4.39 Å². The molecule has 0 aromatic heterocycles. The maximum atomic E-state index is 13.6. The Balaban J connectivity index is 2.23. The first-order valence-electron chi connectivity index (χ1n) is 6.61. The van der Waals surface area contributed by atoms with E-state index in [1.165, 1.54) is 0 Å². The average molecular weight is 323 g/mol. The van der Waals surface area contributed by atoms with E-state index in [1.807, 2.05) is 6.92 Å². The molecule has 2 nitrogen and oxygen atoms in total. The van der Waals surface area contributed by atoms with Crippen LogP contribution in [0.4, 0.5) is 23.2 Å². The molecule has 0 bridgehead atoms. The van der Waals surface area contributed by atoms with Gasteiger partial charge in [-0.3, -0.25) is 0 Å². The fourth-order valence-electron chi connectivity index (χ4n) is 2.38. The normalized spacial score (nSPS) is 20.8. The molecule has 7 heteroatoms. The van der Waals surface area contributed by atoms with E-state index in [2.05, 4.69) is 5.32 Å². The number of fused-ring (bicyclic) bond motifs is 1. The number of anilines is 1. The Morgan fingerprint density at radius 2 is 2.05 bits per heavy atom. The van der Waals surface area contributed by atoms with E-state index in [1.54, 1.807) is 18.7 Å². The van der Waals surface area contributed by atoms with E-state index >= 15 is 0 Å². The van der Waals surface area contributed by atoms with Gasteiger partial charge in [-0.1, -0.05) is 6.92 Å². The van der Waals surface area contributed by atoms with Crippen LogP contribution in [-0.2, 0) is 12.6 Å². The predicted octanol–water partition coefficient (Wildman–Crippen LogP) is 3.69. The molecule has 2 atom stereocenters. The molecular formula is C14H17F4NOS. The Labute approximate surface area is 124 Å². The molecule has 0 saturated carbocycles. The molecule has 0 aliphatic carbocycles. The first-order valence-corrected chi connectivity index (χ1v) is 7.77. The second-order valence-corrected chi connectivity index (χ2v) is 6.66. The van der Waals surface area contributed by atoms with Gasteiger partial charge in [-0.2, -0.15) is 24.9 Å². The van der Waals surface area contributed by atoms with Gasteiger partial charge >= 0.3 is 6.18 Å². The molecule has 118 valence electrons. The number of hydrogen-bond donors (Lipinski definition) is 2. The SMILES string of the molecule is CCSCC(C)(O)C1Cc2cc(F)c(C(F)(F)F)cc2N1. The number of halogens is 4. The van der Waals surface area contributed by atoms with E-state index in [-0.39, 0.29) is 5.69 Å². The van der Waals surface area contributed by atoms with E-state index in [0.717, 1.165) is 17.9 Å². The minimum absolute atomic E-state index is 0.246. The number of rotatable bonds is 4. The number of alkyl halides is 3. The second-order valence-electron chi connectivity index (χ2n) is 5.38. The van der Waals surface area contributed by atoms with Gasteiger partial charge in [0.15, 0.2) is 0 Å². The lowest BCUT2D eigenvalue weighted by atomic mass is 9.95. The highest BCUT2D eigenvalue weighted by Crippen LogP contribution is 2.39. The Morgan fingerprint density at radius 3 is 2.62 bits per heavy atom. The van der Waals surface area contributed by atoms with Gasteiger partial charge in [-0.15, -0.1) is 0 Å². The Morgan fingerprint density at radius 1 is 1.38 bits per heavy atom. The van der Waals surface area contributed by atoms with Crippen LogP contribution in [0.5, 0.6) is 0 Å². The van der Waals surface area contributed by atoms with E-state index in [9.17, 15) is 22.7 Å². The number of nitrogens with one attached hydrogen (secondary N) is 1. The molecule has 2 unspecified atom stereocenters. The average Bonchev–Trinajstić information content (AvgIpc) is 2.77. The molecule has 0 spiro atoms. The van der Waals surface area contributed by atoms with Crippen molar-refractivity contribution < 1.29 is 22.7 Å². The third-order valence-corrected chi connectivity index (χ3v) is 4.80. The molecule has 0 saturated heterocycles. The quantitative estimate of drug-likeness (QED) is 0.829. The Kier molecular flexibility index (Phi) is 4.44. The van der Waals surface area contributed by atoms with Gasteiger partial charge in [0.1, 0.15) is 5.82 Å². The molecule has 1 aromatic rings. The van der Waals surface area contributed by atoms with Crippen molar-refractivity contribution in [2.75, 3.05) is 16.8 Å². The van der Waals surface area contributed by atoms with Crippen LogP contribution in [0.1, 0.15) is 25.0 Å². The van der Waals surface area contributed by atoms with Gasteiger partial charge < -0.3 is 10.4 Å². The van der Waals surface area contributed by atoms with Crippen LogP contribution in [0.2, 0.25) is 0 Å². The number of benzene rings is 1. The van der Waals surface area contributed by atoms with Crippen molar-refractivity contribution in [1.82, 2.24) is 0 Å². The molecule has 1 aromatic carbocycles. The van der Waals surface area contributed by atoms with Gasteiger partial charge in [0, 0.05) is 11.4 Å². The van der Waals surface area contributed by atoms with Crippen molar-refractivity contribution in [2.24, 2.45) is 0 Å². The summed E-state index contributed by atoms with van der Waals surface area (Å²) >= 11 is 1.55. The van der Waals surface area contributed by atoms with Gasteiger partial charge in [0.2, 0.25) is 0 Å². The fourth-order valence-corrected chi connectivity index (χ4v) is 3.20. The summed E-state index contributed by atoms with van der Waals surface area (Å²) in [5, 5.41) is 13.3. The number of aliphatic hydroxyl groups is 1. The Bertz CT molecular complexity index is 530. The summed E-state index contributed by atoms with van der Waals surface area (Å²) in [4.78, 5) is 0. The molecule has 1 aliphatic heterocycles. The van der Waals surface area contributed by atoms with E-state index < -0.39 is 29.2 Å². The maximum Gasteiger partial charge on any atom is 0.419 e. The molecule has 1 heterocycles. The summed E-state index contributed by atoms with van der Waals surface area (Å²) < 4.78 is 51.6. The molecular weight excluding hydrogens is 306 g/mol. The molecule has 2 N–H and O–H groups in total. The lowest BCUT2D eigenvalue weighted by Gasteiger charge is -2.30. The molecule has 0 amide bonds. The Hall–Kier alpha value is -0.950. The van der Waals surface area contributed by atoms with Crippen molar-refractivity contribution in [2.45, 2.75) is 38.1 Å². The summed E-state index contributed by atoms with van der Waals surface area (Å²) in [6, 6.07) is 1.27. The number of hydrogen-bond acceptors (Lipinski definition) is 3. The predicted molar refractivity (Wildman–Crippen MR) is 76.1 cm³/mol. The fraction of sp³-hybridized carbons (Fsp3) is 0.571. The zero-order chi connectivity index (χ0) is 15.8. The zero-order valence-corrected chi connectivity index (χ0v) is 12.5. The first kappa shape index (κ1) is 16.4. The minimum Gasteiger partial charge on any atom is -0.387 e. The lowest BCUT2D eigenvalue weighted by molar-refractivity contribution is -0.139. The number of thioether (sulfide) groups is 1. The van der Waals surface area contributed by atoms with Gasteiger partial charge in [-0.05, 0) is 36.8 Å². The van der Waals surface area contributed by atoms with Crippen LogP contribution >= 0.6 is 11.8 Å². The van der Waals surface area contributed by atoms with E-state index in [4.69, 9.17) is 0 Å². The van der Waals surface area contributed by atoms with Gasteiger partial charge in [0.05, 0.1) is 17.2 Å². The van der Waals surface area contributed by atoms with Crippen LogP contribution in [0.25, 0.3) is 0 Å². The summed E-state index contributed by atoms with van der Waals surface area (Å²) in [5.41, 5.74) is -1.64. The molecule has 0 radical (unpaired) electrons. The van der Waals surface area contributed by atoms with Crippen molar-refractivity contribution >= 4 is 17.4 Å². The first-order chi connectivity index (χ1) is 9.65. The molecule has 1 aliphatic rings. The van der Waals surface area contributed by atoms with Crippen molar-refractivity contribution in [3.63, 3.8) is 0 Å². The topological polar surface area (TPSA) is 32.3 Å². The van der Waals surface area contributed by atoms with Crippen LogP contribution in [0, 0.1) is 5.82 Å². The van der Waals surface area contributed by atoms with Crippen LogP contribution in [-0.4, -0.2) is 28.3 Å². The van der Waals surface area contributed by atoms with Gasteiger partial charge in [0.25, 0.3) is 0 Å². The summed E-state index contributed by atoms with van der Waals surface area (Å²) in [7, 11) is 0. The largest absolute Gasteiger partial charge is 0.419 e. The highest BCUT2D eigenvalue weighted by Gasteiger charge is 2.40.